The number of carbonyl (C=O) groups is 1. The summed E-state index contributed by atoms with van der Waals surface area (Å²) < 4.78 is 32.3. The Balaban J connectivity index is 1.35. The van der Waals surface area contributed by atoms with E-state index < -0.39 is 10.0 Å². The minimum absolute atomic E-state index is 0.0696. The molecule has 0 unspecified atom stereocenters. The van der Waals surface area contributed by atoms with Crippen LogP contribution in [0.2, 0.25) is 0 Å². The summed E-state index contributed by atoms with van der Waals surface area (Å²) >= 11 is 1.34. The first-order chi connectivity index (χ1) is 15.5. The van der Waals surface area contributed by atoms with Gasteiger partial charge in [-0.15, -0.1) is 0 Å². The number of methoxy groups -OCH3 is 1. The van der Waals surface area contributed by atoms with Gasteiger partial charge in [0, 0.05) is 31.9 Å². The van der Waals surface area contributed by atoms with Gasteiger partial charge in [0.1, 0.15) is 10.6 Å². The lowest BCUT2D eigenvalue weighted by Crippen LogP contribution is -2.35. The number of hydrogen-bond acceptors (Lipinski definition) is 6. The van der Waals surface area contributed by atoms with Crippen molar-refractivity contribution in [2.45, 2.75) is 54.6 Å². The van der Waals surface area contributed by atoms with Crippen molar-refractivity contribution in [2.24, 2.45) is 0 Å². The smallest absolute Gasteiger partial charge is 0.244 e. The molecule has 4 rings (SSSR count). The fourth-order valence-electron chi connectivity index (χ4n) is 3.81. The molecule has 1 aromatic carbocycles. The maximum absolute atomic E-state index is 12.9. The van der Waals surface area contributed by atoms with Gasteiger partial charge in [-0.2, -0.15) is 4.31 Å². The summed E-state index contributed by atoms with van der Waals surface area (Å²) in [5.41, 5.74) is 1.07. The Bertz CT molecular complexity index is 1020. The van der Waals surface area contributed by atoms with Gasteiger partial charge >= 0.3 is 0 Å². The van der Waals surface area contributed by atoms with Crippen molar-refractivity contribution in [3.63, 3.8) is 0 Å². The van der Waals surface area contributed by atoms with Gasteiger partial charge in [0.15, 0.2) is 0 Å². The van der Waals surface area contributed by atoms with Gasteiger partial charge in [0.2, 0.25) is 15.9 Å². The number of thioether (sulfide) groups is 1. The number of aromatic nitrogens is 1. The summed E-state index contributed by atoms with van der Waals surface area (Å²) in [4.78, 5) is 19.4. The quantitative estimate of drug-likeness (QED) is 0.516. The molecule has 7 nitrogen and oxygen atoms in total. The SMILES string of the molecule is COc1ccc(CN(C(=O)CSc2ccc(S(=O)(=O)N3CCCCC3)cn2)C2CC2)cc1. The van der Waals surface area contributed by atoms with Crippen LogP contribution in [0, 0.1) is 0 Å². The summed E-state index contributed by atoms with van der Waals surface area (Å²) in [5.74, 6) is 1.14. The Labute approximate surface area is 194 Å². The molecular formula is C23H29N3O4S2. The Morgan fingerprint density at radius 3 is 2.44 bits per heavy atom. The fourth-order valence-corrected chi connectivity index (χ4v) is 6.00. The molecule has 1 aliphatic heterocycles. The van der Waals surface area contributed by atoms with Crippen molar-refractivity contribution < 1.29 is 17.9 Å². The minimum atomic E-state index is -3.49. The van der Waals surface area contributed by atoms with E-state index in [2.05, 4.69) is 4.98 Å². The number of amides is 1. The fraction of sp³-hybridized carbons (Fsp3) is 0.478. The Kier molecular flexibility index (Phi) is 7.37. The van der Waals surface area contributed by atoms with E-state index in [9.17, 15) is 13.2 Å². The molecule has 0 atom stereocenters. The molecule has 0 N–H and O–H groups in total. The molecule has 172 valence electrons. The van der Waals surface area contributed by atoms with Gasteiger partial charge in [0.25, 0.3) is 0 Å². The largest absolute Gasteiger partial charge is 0.497 e. The second-order valence-electron chi connectivity index (χ2n) is 8.19. The molecule has 9 heteroatoms. The van der Waals surface area contributed by atoms with Crippen molar-refractivity contribution in [1.82, 2.24) is 14.2 Å². The topological polar surface area (TPSA) is 79.8 Å². The van der Waals surface area contributed by atoms with Gasteiger partial charge in [-0.05, 0) is 55.5 Å². The maximum Gasteiger partial charge on any atom is 0.244 e. The van der Waals surface area contributed by atoms with Crippen molar-refractivity contribution in [2.75, 3.05) is 26.0 Å². The molecule has 1 aromatic heterocycles. The molecule has 1 saturated carbocycles. The Hall–Kier alpha value is -2.10. The van der Waals surface area contributed by atoms with Crippen LogP contribution in [-0.2, 0) is 21.4 Å². The molecule has 2 heterocycles. The van der Waals surface area contributed by atoms with Crippen LogP contribution in [0.5, 0.6) is 5.75 Å². The van der Waals surface area contributed by atoms with E-state index in [1.54, 1.807) is 19.2 Å². The standard InChI is InChI=1S/C23H29N3O4S2/c1-30-20-9-5-18(6-10-20)16-26(19-7-8-19)23(27)17-31-22-12-11-21(15-24-22)32(28,29)25-13-3-2-4-14-25/h5-6,9-12,15,19H,2-4,7-8,13-14,16-17H2,1H3. The van der Waals surface area contributed by atoms with Crippen LogP contribution in [0.1, 0.15) is 37.7 Å². The second-order valence-corrected chi connectivity index (χ2v) is 11.1. The van der Waals surface area contributed by atoms with E-state index in [0.717, 1.165) is 43.4 Å². The number of nitrogens with zero attached hydrogens (tertiary/aromatic N) is 3. The maximum atomic E-state index is 12.9. The van der Waals surface area contributed by atoms with Crippen molar-refractivity contribution in [3.05, 3.63) is 48.2 Å². The van der Waals surface area contributed by atoms with Gasteiger partial charge in [-0.1, -0.05) is 30.3 Å². The molecule has 2 aromatic rings. The van der Waals surface area contributed by atoms with E-state index in [1.807, 2.05) is 29.2 Å². The number of sulfonamides is 1. The van der Waals surface area contributed by atoms with E-state index in [0.29, 0.717) is 30.7 Å². The lowest BCUT2D eigenvalue weighted by atomic mass is 10.2. The highest BCUT2D eigenvalue weighted by atomic mass is 32.2. The first kappa shape index (κ1) is 23.1. The highest BCUT2D eigenvalue weighted by Gasteiger charge is 2.32. The molecule has 2 fully saturated rings. The molecule has 1 aliphatic carbocycles. The zero-order valence-corrected chi connectivity index (χ0v) is 19.9. The normalized spacial score (nSPS) is 17.2. The summed E-state index contributed by atoms with van der Waals surface area (Å²) in [6.45, 7) is 1.71. The van der Waals surface area contributed by atoms with Gasteiger partial charge in [-0.3, -0.25) is 4.79 Å². The zero-order valence-electron chi connectivity index (χ0n) is 18.3. The molecule has 1 saturated heterocycles. The first-order valence-electron chi connectivity index (χ1n) is 11.0. The molecule has 0 radical (unpaired) electrons. The van der Waals surface area contributed by atoms with Crippen LogP contribution in [0.15, 0.2) is 52.5 Å². The number of piperidine rings is 1. The lowest BCUT2D eigenvalue weighted by molar-refractivity contribution is -0.129. The van der Waals surface area contributed by atoms with Crippen LogP contribution in [-0.4, -0.2) is 60.5 Å². The highest BCUT2D eigenvalue weighted by molar-refractivity contribution is 7.99. The number of hydrogen-bond donors (Lipinski definition) is 0. The average molecular weight is 476 g/mol. The van der Waals surface area contributed by atoms with Crippen molar-refractivity contribution in [1.29, 1.82) is 0 Å². The number of pyridine rings is 1. The monoisotopic (exact) mass is 475 g/mol. The predicted octanol–water partition coefficient (Wildman–Crippen LogP) is 3.55. The third-order valence-corrected chi connectivity index (χ3v) is 8.64. The average Bonchev–Trinajstić information content (AvgIpc) is 3.67. The Morgan fingerprint density at radius 1 is 1.12 bits per heavy atom. The van der Waals surface area contributed by atoms with Crippen molar-refractivity contribution in [3.8, 4) is 5.75 Å². The summed E-state index contributed by atoms with van der Waals surface area (Å²) in [6, 6.07) is 11.4. The van der Waals surface area contributed by atoms with Crippen LogP contribution in [0.4, 0.5) is 0 Å². The second kappa shape index (κ2) is 10.2. The molecule has 2 aliphatic rings. The predicted molar refractivity (Wildman–Crippen MR) is 124 cm³/mol. The summed E-state index contributed by atoms with van der Waals surface area (Å²) in [6.07, 6.45) is 6.35. The lowest BCUT2D eigenvalue weighted by Gasteiger charge is -2.25. The molecule has 32 heavy (non-hydrogen) atoms. The third kappa shape index (κ3) is 5.63. The van der Waals surface area contributed by atoms with Gasteiger partial charge < -0.3 is 9.64 Å². The van der Waals surface area contributed by atoms with Gasteiger partial charge in [-0.25, -0.2) is 13.4 Å². The minimum Gasteiger partial charge on any atom is -0.497 e. The summed E-state index contributed by atoms with van der Waals surface area (Å²) in [7, 11) is -1.85. The first-order valence-corrected chi connectivity index (χ1v) is 13.4. The number of benzene rings is 1. The van der Waals surface area contributed by atoms with E-state index in [-0.39, 0.29) is 16.6 Å². The van der Waals surface area contributed by atoms with Gasteiger partial charge in [0.05, 0.1) is 17.9 Å². The van der Waals surface area contributed by atoms with E-state index >= 15 is 0 Å². The Morgan fingerprint density at radius 2 is 1.84 bits per heavy atom. The van der Waals surface area contributed by atoms with Crippen LogP contribution < -0.4 is 4.74 Å². The number of ether oxygens (including phenoxy) is 1. The van der Waals surface area contributed by atoms with Crippen molar-refractivity contribution >= 4 is 27.7 Å². The molecule has 0 bridgehead atoms. The molecule has 0 spiro atoms. The molecular weight excluding hydrogens is 446 g/mol. The number of rotatable bonds is 9. The zero-order chi connectivity index (χ0) is 22.6. The number of carbonyl (C=O) groups excluding carboxylic acids is 1. The highest BCUT2D eigenvalue weighted by Crippen LogP contribution is 2.30. The summed E-state index contributed by atoms with van der Waals surface area (Å²) in [5, 5.41) is 0.649. The van der Waals surface area contributed by atoms with Crippen LogP contribution in [0.3, 0.4) is 0 Å². The molecule has 1 amide bonds. The third-order valence-electron chi connectivity index (χ3n) is 5.83. The van der Waals surface area contributed by atoms with E-state index in [1.165, 1.54) is 22.3 Å². The van der Waals surface area contributed by atoms with Crippen LogP contribution in [0.25, 0.3) is 0 Å². The van der Waals surface area contributed by atoms with Crippen LogP contribution >= 0.6 is 11.8 Å². The van der Waals surface area contributed by atoms with E-state index in [4.69, 9.17) is 4.74 Å².